The Kier molecular flexibility index (Phi) is 10.7. The van der Waals surface area contributed by atoms with Crippen LogP contribution in [0.15, 0.2) is 29.2 Å². The van der Waals surface area contributed by atoms with E-state index in [2.05, 4.69) is 10.6 Å². The second-order valence-electron chi connectivity index (χ2n) is 8.10. The first kappa shape index (κ1) is 27.2. The van der Waals surface area contributed by atoms with E-state index < -0.39 is 23.1 Å². The SMILES string of the molecule is CCn1cc(C(=O)O)c(=O)c2cc(CCCNCCNC(=O)OC(C)(C)C)ccc21.[NaH]. The molecule has 2 rings (SSSR count). The van der Waals surface area contributed by atoms with Gasteiger partial charge in [-0.1, -0.05) is 6.07 Å². The van der Waals surface area contributed by atoms with Gasteiger partial charge in [-0.2, -0.15) is 0 Å². The van der Waals surface area contributed by atoms with Gasteiger partial charge in [0.2, 0.25) is 5.43 Å². The molecule has 0 radical (unpaired) electrons. The zero-order chi connectivity index (χ0) is 22.3. The quantitative estimate of drug-likeness (QED) is 0.406. The van der Waals surface area contributed by atoms with Gasteiger partial charge < -0.3 is 25.0 Å². The molecule has 0 saturated heterocycles. The first-order valence-corrected chi connectivity index (χ1v) is 10.2. The van der Waals surface area contributed by atoms with E-state index in [4.69, 9.17) is 4.74 Å². The first-order valence-electron chi connectivity index (χ1n) is 10.2. The second kappa shape index (κ2) is 12.2. The van der Waals surface area contributed by atoms with E-state index in [1.807, 2.05) is 39.8 Å². The van der Waals surface area contributed by atoms with Crippen molar-refractivity contribution < 1.29 is 19.4 Å². The van der Waals surface area contributed by atoms with Crippen LogP contribution in [0.2, 0.25) is 0 Å². The van der Waals surface area contributed by atoms with Crippen LogP contribution < -0.4 is 16.1 Å². The molecule has 1 aromatic carbocycles. The van der Waals surface area contributed by atoms with Crippen molar-refractivity contribution in [3.05, 3.63) is 45.7 Å². The fourth-order valence-corrected chi connectivity index (χ4v) is 3.12. The van der Waals surface area contributed by atoms with Crippen molar-refractivity contribution in [1.82, 2.24) is 15.2 Å². The summed E-state index contributed by atoms with van der Waals surface area (Å²) in [5, 5.41) is 15.7. The average molecular weight is 442 g/mol. The summed E-state index contributed by atoms with van der Waals surface area (Å²) in [6, 6.07) is 5.64. The van der Waals surface area contributed by atoms with Crippen molar-refractivity contribution in [2.45, 2.75) is 52.7 Å². The van der Waals surface area contributed by atoms with Gasteiger partial charge in [-0.15, -0.1) is 0 Å². The molecule has 2 aromatic rings. The van der Waals surface area contributed by atoms with Crippen LogP contribution in [0.25, 0.3) is 10.9 Å². The van der Waals surface area contributed by atoms with Gasteiger partial charge >= 0.3 is 41.6 Å². The van der Waals surface area contributed by atoms with Crippen LogP contribution in [0, 0.1) is 0 Å². The molecule has 0 bridgehead atoms. The van der Waals surface area contributed by atoms with Crippen LogP contribution >= 0.6 is 0 Å². The maximum absolute atomic E-state index is 12.5. The molecule has 0 aliphatic carbocycles. The number of carbonyl (C=O) groups excluding carboxylic acids is 1. The van der Waals surface area contributed by atoms with Crippen molar-refractivity contribution >= 4 is 52.5 Å². The Morgan fingerprint density at radius 2 is 1.87 bits per heavy atom. The molecular formula is C22H32N3NaO5. The topological polar surface area (TPSA) is 110 Å². The predicted molar refractivity (Wildman–Crippen MR) is 123 cm³/mol. The molecule has 1 amide bonds. The first-order chi connectivity index (χ1) is 14.1. The van der Waals surface area contributed by atoms with Gasteiger partial charge in [0.25, 0.3) is 0 Å². The van der Waals surface area contributed by atoms with E-state index in [1.54, 1.807) is 10.6 Å². The summed E-state index contributed by atoms with van der Waals surface area (Å²) >= 11 is 0. The minimum atomic E-state index is -1.21. The van der Waals surface area contributed by atoms with E-state index in [1.165, 1.54) is 6.20 Å². The molecule has 0 atom stereocenters. The molecule has 0 spiro atoms. The van der Waals surface area contributed by atoms with Crippen LogP contribution in [-0.2, 0) is 17.7 Å². The third kappa shape index (κ3) is 8.29. The number of amides is 1. The second-order valence-corrected chi connectivity index (χ2v) is 8.10. The fourth-order valence-electron chi connectivity index (χ4n) is 3.12. The molecule has 1 heterocycles. The van der Waals surface area contributed by atoms with Crippen molar-refractivity contribution in [3.63, 3.8) is 0 Å². The normalized spacial score (nSPS) is 11.1. The Labute approximate surface area is 204 Å². The Morgan fingerprint density at radius 3 is 2.48 bits per heavy atom. The predicted octanol–water partition coefficient (Wildman–Crippen LogP) is 2.12. The zero-order valence-electron chi connectivity index (χ0n) is 18.1. The molecule has 31 heavy (non-hydrogen) atoms. The zero-order valence-corrected chi connectivity index (χ0v) is 18.1. The molecule has 166 valence electrons. The van der Waals surface area contributed by atoms with E-state index in [9.17, 15) is 19.5 Å². The number of carboxylic acid groups (broad SMARTS) is 1. The number of fused-ring (bicyclic) bond motifs is 1. The number of rotatable bonds is 9. The van der Waals surface area contributed by atoms with Gasteiger partial charge in [-0.3, -0.25) is 4.79 Å². The van der Waals surface area contributed by atoms with Gasteiger partial charge in [-0.05, 0) is 64.8 Å². The van der Waals surface area contributed by atoms with Crippen LogP contribution in [0.3, 0.4) is 0 Å². The van der Waals surface area contributed by atoms with Crippen LogP contribution in [0.5, 0.6) is 0 Å². The molecule has 0 saturated carbocycles. The Morgan fingerprint density at radius 1 is 1.16 bits per heavy atom. The summed E-state index contributed by atoms with van der Waals surface area (Å²) < 4.78 is 6.95. The molecular weight excluding hydrogens is 409 g/mol. The van der Waals surface area contributed by atoms with Crippen LogP contribution in [-0.4, -0.2) is 76.5 Å². The van der Waals surface area contributed by atoms with Crippen LogP contribution in [0.4, 0.5) is 4.79 Å². The Bertz CT molecular complexity index is 966. The van der Waals surface area contributed by atoms with Gasteiger partial charge in [0.1, 0.15) is 11.2 Å². The molecule has 0 unspecified atom stereocenters. The number of carboxylic acids is 1. The van der Waals surface area contributed by atoms with Crippen molar-refractivity contribution in [2.24, 2.45) is 0 Å². The van der Waals surface area contributed by atoms with E-state index in [-0.39, 0.29) is 35.1 Å². The average Bonchev–Trinajstić information content (AvgIpc) is 2.66. The molecule has 8 nitrogen and oxygen atoms in total. The number of alkyl carbamates (subject to hydrolysis) is 1. The van der Waals surface area contributed by atoms with Gasteiger partial charge in [-0.25, -0.2) is 9.59 Å². The van der Waals surface area contributed by atoms with E-state index in [0.29, 0.717) is 25.0 Å². The standard InChI is InChI=1S/C22H31N3O5.Na.H/c1-5-25-14-17(20(27)28)19(26)16-13-15(8-9-18(16)25)7-6-10-23-11-12-24-21(29)30-22(2,3)4;;/h8-9,13-14,23H,5-7,10-12H2,1-4H3,(H,24,29)(H,27,28);;. The molecule has 0 fully saturated rings. The molecule has 9 heteroatoms. The molecule has 0 aliphatic heterocycles. The summed E-state index contributed by atoms with van der Waals surface area (Å²) in [6.45, 7) is 9.79. The van der Waals surface area contributed by atoms with E-state index >= 15 is 0 Å². The van der Waals surface area contributed by atoms with Gasteiger partial charge in [0.15, 0.2) is 0 Å². The summed E-state index contributed by atoms with van der Waals surface area (Å²) in [5.41, 5.74) is 0.556. The van der Waals surface area contributed by atoms with Crippen molar-refractivity contribution in [1.29, 1.82) is 0 Å². The Balaban J connectivity index is 0.00000480. The minimum absolute atomic E-state index is 0. The number of pyridine rings is 1. The number of ether oxygens (including phenoxy) is 1. The third-order valence-corrected chi connectivity index (χ3v) is 4.50. The number of hydrogen-bond donors (Lipinski definition) is 3. The fraction of sp³-hybridized carbons (Fsp3) is 0.500. The summed E-state index contributed by atoms with van der Waals surface area (Å²) in [6.07, 6.45) is 2.57. The van der Waals surface area contributed by atoms with Crippen molar-refractivity contribution in [3.8, 4) is 0 Å². The number of nitrogens with one attached hydrogen (secondary N) is 2. The molecule has 1 aromatic heterocycles. The Hall–Kier alpha value is -1.87. The number of hydrogen-bond acceptors (Lipinski definition) is 5. The third-order valence-electron chi connectivity index (χ3n) is 4.50. The summed E-state index contributed by atoms with van der Waals surface area (Å²) in [5.74, 6) is -1.21. The van der Waals surface area contributed by atoms with Gasteiger partial charge in [0.05, 0.1) is 5.52 Å². The molecule has 3 N–H and O–H groups in total. The molecule has 0 aliphatic rings. The van der Waals surface area contributed by atoms with Crippen LogP contribution in [0.1, 0.15) is 50.0 Å². The number of carbonyl (C=O) groups is 2. The number of benzene rings is 1. The van der Waals surface area contributed by atoms with Gasteiger partial charge in [0, 0.05) is 31.2 Å². The number of aromatic carboxylic acids is 1. The monoisotopic (exact) mass is 441 g/mol. The number of aromatic nitrogens is 1. The van der Waals surface area contributed by atoms with Crippen molar-refractivity contribution in [2.75, 3.05) is 19.6 Å². The summed E-state index contributed by atoms with van der Waals surface area (Å²) in [7, 11) is 0. The van der Waals surface area contributed by atoms with E-state index in [0.717, 1.165) is 30.5 Å². The summed E-state index contributed by atoms with van der Waals surface area (Å²) in [4.78, 5) is 35.5. The number of nitrogens with zero attached hydrogens (tertiary/aromatic N) is 1. The number of aryl methyl sites for hydroxylation is 2. The maximum atomic E-state index is 12.5.